The first-order valence-corrected chi connectivity index (χ1v) is 3.89. The minimum absolute atomic E-state index is 0. The van der Waals surface area contributed by atoms with Gasteiger partial charge in [-0.15, -0.1) is 0 Å². The molecule has 2 N–H and O–H groups in total. The number of nitrogens with zero attached hydrogens (tertiary/aromatic N) is 1. The van der Waals surface area contributed by atoms with Gasteiger partial charge in [-0.3, -0.25) is 4.79 Å². The summed E-state index contributed by atoms with van der Waals surface area (Å²) in [6.45, 7) is 1.44. The molecule has 0 aliphatic rings. The van der Waals surface area contributed by atoms with Crippen molar-refractivity contribution in [2.45, 2.75) is 13.5 Å². The zero-order valence-corrected chi connectivity index (χ0v) is 8.75. The Morgan fingerprint density at radius 2 is 2.14 bits per heavy atom. The van der Waals surface area contributed by atoms with E-state index in [4.69, 9.17) is 5.11 Å². The number of hydrogen-bond acceptors (Lipinski definition) is 3. The quantitative estimate of drug-likeness (QED) is 0.406. The predicted molar refractivity (Wildman–Crippen MR) is 45.3 cm³/mol. The lowest BCUT2D eigenvalue weighted by molar-refractivity contribution is -0.678. The Bertz CT molecular complexity index is 352. The number of carbonyl (C=O) groups is 1. The van der Waals surface area contributed by atoms with Gasteiger partial charge in [-0.05, 0) is 0 Å². The molecule has 0 aliphatic heterocycles. The minimum Gasteiger partial charge on any atom is -1.00 e. The number of aldehydes is 1. The standard InChI is InChI=1S/C9H11NO3.ClH/c1-6-9(13)8(5-12)7(4-11)3-10(6)2;/h3,5,11H,4H2,1-2H3;1H. The molecule has 0 aromatic carbocycles. The molecule has 1 aromatic rings. The molecule has 0 fully saturated rings. The monoisotopic (exact) mass is 217 g/mol. The SMILES string of the molecule is Cc1c(O)c(C=O)c(CO)c[n+]1C.[Cl-]. The molecule has 78 valence electrons. The Morgan fingerprint density at radius 3 is 2.57 bits per heavy atom. The highest BCUT2D eigenvalue weighted by Crippen LogP contribution is 2.20. The van der Waals surface area contributed by atoms with Gasteiger partial charge in [0.05, 0.1) is 17.7 Å². The minimum atomic E-state index is -0.254. The summed E-state index contributed by atoms with van der Waals surface area (Å²) < 4.78 is 1.66. The molecule has 14 heavy (non-hydrogen) atoms. The van der Waals surface area contributed by atoms with Gasteiger partial charge in [0, 0.05) is 6.92 Å². The van der Waals surface area contributed by atoms with E-state index < -0.39 is 0 Å². The van der Waals surface area contributed by atoms with Gasteiger partial charge in [0.2, 0.25) is 5.69 Å². The maximum absolute atomic E-state index is 10.6. The number of halogens is 1. The summed E-state index contributed by atoms with van der Waals surface area (Å²) in [4.78, 5) is 10.6. The van der Waals surface area contributed by atoms with Crippen molar-refractivity contribution >= 4 is 6.29 Å². The molecule has 5 heteroatoms. The molecule has 0 amide bonds. The summed E-state index contributed by atoms with van der Waals surface area (Å²) in [6.07, 6.45) is 2.17. The molecule has 0 bridgehead atoms. The fourth-order valence-electron chi connectivity index (χ4n) is 1.17. The Hall–Kier alpha value is -1.13. The van der Waals surface area contributed by atoms with Crippen LogP contribution < -0.4 is 17.0 Å². The van der Waals surface area contributed by atoms with E-state index in [9.17, 15) is 9.90 Å². The molecular weight excluding hydrogens is 206 g/mol. The molecule has 0 saturated heterocycles. The third-order valence-electron chi connectivity index (χ3n) is 2.11. The number of rotatable bonds is 2. The largest absolute Gasteiger partial charge is 1.00 e. The molecular formula is C9H12ClNO3. The first kappa shape index (κ1) is 12.9. The average molecular weight is 218 g/mol. The average Bonchev–Trinajstić information content (AvgIpc) is 2.13. The highest BCUT2D eigenvalue weighted by molar-refractivity contribution is 5.81. The number of aryl methyl sites for hydroxylation is 1. The van der Waals surface area contributed by atoms with Crippen LogP contribution in [-0.4, -0.2) is 16.5 Å². The zero-order valence-electron chi connectivity index (χ0n) is 7.99. The lowest BCUT2D eigenvalue weighted by atomic mass is 10.1. The van der Waals surface area contributed by atoms with E-state index in [0.717, 1.165) is 0 Å². The van der Waals surface area contributed by atoms with Crippen LogP contribution in [0, 0.1) is 6.92 Å². The van der Waals surface area contributed by atoms with Crippen LogP contribution in [0.4, 0.5) is 0 Å². The normalized spacial score (nSPS) is 9.36. The zero-order chi connectivity index (χ0) is 10.0. The highest BCUT2D eigenvalue weighted by Gasteiger charge is 2.17. The van der Waals surface area contributed by atoms with E-state index in [2.05, 4.69) is 0 Å². The van der Waals surface area contributed by atoms with E-state index in [1.54, 1.807) is 24.7 Å². The van der Waals surface area contributed by atoms with Gasteiger partial charge in [0.1, 0.15) is 7.05 Å². The second-order valence-corrected chi connectivity index (χ2v) is 2.89. The van der Waals surface area contributed by atoms with Crippen molar-refractivity contribution in [2.24, 2.45) is 7.05 Å². The van der Waals surface area contributed by atoms with Crippen LogP contribution in [0.3, 0.4) is 0 Å². The maximum Gasteiger partial charge on any atom is 0.220 e. The summed E-state index contributed by atoms with van der Waals surface area (Å²) in [5, 5.41) is 18.4. The third-order valence-corrected chi connectivity index (χ3v) is 2.11. The lowest BCUT2D eigenvalue weighted by Gasteiger charge is -2.04. The number of aliphatic hydroxyl groups is 1. The molecule has 0 aliphatic carbocycles. The van der Waals surface area contributed by atoms with Crippen molar-refractivity contribution in [3.05, 3.63) is 23.0 Å². The fraction of sp³-hybridized carbons (Fsp3) is 0.333. The second kappa shape index (κ2) is 4.93. The van der Waals surface area contributed by atoms with Crippen LogP contribution in [0.2, 0.25) is 0 Å². The van der Waals surface area contributed by atoms with Crippen LogP contribution in [-0.2, 0) is 13.7 Å². The number of aliphatic hydroxyl groups excluding tert-OH is 1. The van der Waals surface area contributed by atoms with Gasteiger partial charge in [-0.25, -0.2) is 4.57 Å². The topological polar surface area (TPSA) is 61.4 Å². The molecule has 1 aromatic heterocycles. The molecule has 1 rings (SSSR count). The first-order chi connectivity index (χ1) is 6.11. The van der Waals surface area contributed by atoms with Gasteiger partial charge >= 0.3 is 0 Å². The Labute approximate surface area is 88.2 Å². The number of pyridine rings is 1. The highest BCUT2D eigenvalue weighted by atomic mass is 35.5. The molecule has 0 saturated carbocycles. The smallest absolute Gasteiger partial charge is 0.220 e. The van der Waals surface area contributed by atoms with Crippen molar-refractivity contribution in [2.75, 3.05) is 0 Å². The van der Waals surface area contributed by atoms with Crippen molar-refractivity contribution in [1.82, 2.24) is 0 Å². The van der Waals surface area contributed by atoms with Crippen LogP contribution >= 0.6 is 0 Å². The fourth-order valence-corrected chi connectivity index (χ4v) is 1.17. The van der Waals surface area contributed by atoms with Gasteiger partial charge in [-0.2, -0.15) is 0 Å². The number of carbonyl (C=O) groups excluding carboxylic acids is 1. The number of hydrogen-bond donors (Lipinski definition) is 2. The molecule has 0 radical (unpaired) electrons. The first-order valence-electron chi connectivity index (χ1n) is 3.89. The summed E-state index contributed by atoms with van der Waals surface area (Å²) in [6, 6.07) is 0. The Balaban J connectivity index is 0.00000169. The Kier molecular flexibility index (Phi) is 4.53. The van der Waals surface area contributed by atoms with Crippen LogP contribution in [0.1, 0.15) is 21.6 Å². The van der Waals surface area contributed by atoms with E-state index in [-0.39, 0.29) is 30.3 Å². The van der Waals surface area contributed by atoms with Crippen molar-refractivity contribution < 1.29 is 32.0 Å². The number of aromatic hydroxyl groups is 1. The van der Waals surface area contributed by atoms with Crippen molar-refractivity contribution in [1.29, 1.82) is 0 Å². The van der Waals surface area contributed by atoms with Gasteiger partial charge in [-0.1, -0.05) is 0 Å². The molecule has 1 heterocycles. The van der Waals surface area contributed by atoms with Gasteiger partial charge in [0.15, 0.2) is 18.2 Å². The van der Waals surface area contributed by atoms with Gasteiger partial charge < -0.3 is 22.6 Å². The molecule has 0 atom stereocenters. The van der Waals surface area contributed by atoms with Crippen LogP contribution in [0.25, 0.3) is 0 Å². The van der Waals surface area contributed by atoms with E-state index in [1.165, 1.54) is 0 Å². The predicted octanol–water partition coefficient (Wildman–Crippen LogP) is -3.17. The second-order valence-electron chi connectivity index (χ2n) is 2.89. The van der Waals surface area contributed by atoms with Crippen molar-refractivity contribution in [3.8, 4) is 5.75 Å². The number of aromatic nitrogens is 1. The Morgan fingerprint density at radius 1 is 1.57 bits per heavy atom. The van der Waals surface area contributed by atoms with Gasteiger partial charge in [0.25, 0.3) is 0 Å². The van der Waals surface area contributed by atoms with E-state index in [1.807, 2.05) is 0 Å². The summed E-state index contributed by atoms with van der Waals surface area (Å²) in [7, 11) is 1.74. The summed E-state index contributed by atoms with van der Waals surface area (Å²) in [5.41, 5.74) is 1.19. The van der Waals surface area contributed by atoms with E-state index >= 15 is 0 Å². The van der Waals surface area contributed by atoms with E-state index in [0.29, 0.717) is 17.5 Å². The summed E-state index contributed by atoms with van der Waals surface area (Å²) in [5.74, 6) is -0.0657. The maximum atomic E-state index is 10.6. The summed E-state index contributed by atoms with van der Waals surface area (Å²) >= 11 is 0. The third kappa shape index (κ3) is 2.02. The van der Waals surface area contributed by atoms with Crippen LogP contribution in [0.15, 0.2) is 6.20 Å². The molecule has 0 spiro atoms. The molecule has 0 unspecified atom stereocenters. The molecule has 4 nitrogen and oxygen atoms in total. The lowest BCUT2D eigenvalue weighted by Crippen LogP contribution is -3.00. The van der Waals surface area contributed by atoms with Crippen molar-refractivity contribution in [3.63, 3.8) is 0 Å². The van der Waals surface area contributed by atoms with Crippen LogP contribution in [0.5, 0.6) is 5.75 Å².